The van der Waals surface area contributed by atoms with E-state index in [1.54, 1.807) is 0 Å². The molecule has 0 aromatic carbocycles. The van der Waals surface area contributed by atoms with E-state index in [2.05, 4.69) is 6.92 Å². The summed E-state index contributed by atoms with van der Waals surface area (Å²) in [4.78, 5) is 0. The van der Waals surface area contributed by atoms with Crippen molar-refractivity contribution in [2.45, 2.75) is 95.1 Å². The summed E-state index contributed by atoms with van der Waals surface area (Å²) < 4.78 is 21.1. The van der Waals surface area contributed by atoms with E-state index in [0.29, 0.717) is 19.8 Å². The molecule has 180 valence electrons. The molecule has 0 radical (unpaired) electrons. The van der Waals surface area contributed by atoms with E-state index >= 15 is 0 Å². The average Bonchev–Trinajstić information content (AvgIpc) is 2.73. The largest absolute Gasteiger partial charge is 0.394 e. The predicted octanol–water partition coefficient (Wildman–Crippen LogP) is 0.338. The Bertz CT molecular complexity index is 399. The molecule has 0 aliphatic carbocycles. The van der Waals surface area contributed by atoms with Gasteiger partial charge in [-0.25, -0.2) is 0 Å². The van der Waals surface area contributed by atoms with Crippen LogP contribution in [0.2, 0.25) is 0 Å². The molecule has 0 spiro atoms. The van der Waals surface area contributed by atoms with Crippen molar-refractivity contribution < 1.29 is 44.5 Å². The molecule has 6 atom stereocenters. The average molecular weight is 439 g/mol. The Hall–Kier alpha value is -0.360. The molecule has 30 heavy (non-hydrogen) atoms. The second-order valence-electron chi connectivity index (χ2n) is 7.84. The summed E-state index contributed by atoms with van der Waals surface area (Å²) in [6, 6.07) is 0. The summed E-state index contributed by atoms with van der Waals surface area (Å²) in [7, 11) is 0. The molecule has 0 amide bonds. The molecule has 1 unspecified atom stereocenters. The standard InChI is InChI=1S/C21H42O9/c1-2-3-4-5-6-7-8-9-10-27-11-12-28-14-16(23)15-29-20-19(25)18(24)17(13-22)30-21(20)26/h16-26H,2-15H2,1H3/t16?,17-,18+,19+,20-,21-/m1/s1. The van der Waals surface area contributed by atoms with Crippen LogP contribution in [0.4, 0.5) is 0 Å². The van der Waals surface area contributed by atoms with Crippen molar-refractivity contribution in [1.82, 2.24) is 0 Å². The van der Waals surface area contributed by atoms with Crippen LogP contribution in [-0.4, -0.2) is 102 Å². The fourth-order valence-electron chi connectivity index (χ4n) is 3.30. The summed E-state index contributed by atoms with van der Waals surface area (Å²) in [5.41, 5.74) is 0. The summed E-state index contributed by atoms with van der Waals surface area (Å²) in [5.74, 6) is 0. The molecule has 1 aliphatic rings. The first-order valence-corrected chi connectivity index (χ1v) is 11.3. The minimum Gasteiger partial charge on any atom is -0.394 e. The third kappa shape index (κ3) is 11.3. The van der Waals surface area contributed by atoms with Crippen molar-refractivity contribution in [3.8, 4) is 0 Å². The minimum absolute atomic E-state index is 0.0166. The zero-order valence-electron chi connectivity index (χ0n) is 18.2. The molecule has 1 saturated heterocycles. The van der Waals surface area contributed by atoms with Crippen molar-refractivity contribution in [2.75, 3.05) is 39.6 Å². The highest BCUT2D eigenvalue weighted by Crippen LogP contribution is 2.22. The van der Waals surface area contributed by atoms with Crippen molar-refractivity contribution in [1.29, 1.82) is 0 Å². The van der Waals surface area contributed by atoms with Crippen LogP contribution in [0.5, 0.6) is 0 Å². The Morgan fingerprint density at radius 2 is 1.43 bits per heavy atom. The van der Waals surface area contributed by atoms with Gasteiger partial charge in [0.2, 0.25) is 0 Å². The number of rotatable bonds is 18. The van der Waals surface area contributed by atoms with Gasteiger partial charge in [-0.15, -0.1) is 0 Å². The van der Waals surface area contributed by atoms with Crippen LogP contribution in [0.25, 0.3) is 0 Å². The lowest BCUT2D eigenvalue weighted by Gasteiger charge is -2.40. The number of hydrogen-bond donors (Lipinski definition) is 5. The van der Waals surface area contributed by atoms with Crippen molar-refractivity contribution in [2.24, 2.45) is 0 Å². The zero-order chi connectivity index (χ0) is 22.2. The van der Waals surface area contributed by atoms with Crippen LogP contribution in [0, 0.1) is 0 Å². The first-order valence-electron chi connectivity index (χ1n) is 11.3. The van der Waals surface area contributed by atoms with Crippen molar-refractivity contribution >= 4 is 0 Å². The first-order chi connectivity index (χ1) is 14.5. The van der Waals surface area contributed by atoms with E-state index in [1.807, 2.05) is 0 Å². The van der Waals surface area contributed by atoms with Crippen LogP contribution in [0.1, 0.15) is 58.3 Å². The molecule has 5 N–H and O–H groups in total. The van der Waals surface area contributed by atoms with Gasteiger partial charge in [-0.3, -0.25) is 0 Å². The summed E-state index contributed by atoms with van der Waals surface area (Å²) in [5, 5.41) is 48.5. The van der Waals surface area contributed by atoms with Gasteiger partial charge in [0, 0.05) is 6.61 Å². The van der Waals surface area contributed by atoms with Gasteiger partial charge in [-0.05, 0) is 6.42 Å². The molecule has 0 saturated carbocycles. The quantitative estimate of drug-likeness (QED) is 0.192. The van der Waals surface area contributed by atoms with Gasteiger partial charge in [0.15, 0.2) is 6.29 Å². The lowest BCUT2D eigenvalue weighted by atomic mass is 9.99. The molecule has 0 bridgehead atoms. The van der Waals surface area contributed by atoms with E-state index in [-0.39, 0.29) is 13.2 Å². The SMILES string of the molecule is CCCCCCCCCCOCCOCC(O)CO[C@@H]1[C@@H](O)[C@@H](O)[C@@H](CO)O[C@H]1O. The van der Waals surface area contributed by atoms with E-state index in [4.69, 9.17) is 24.1 Å². The van der Waals surface area contributed by atoms with Crippen LogP contribution < -0.4 is 0 Å². The molecular formula is C21H42O9. The first kappa shape index (κ1) is 27.7. The molecular weight excluding hydrogens is 396 g/mol. The smallest absolute Gasteiger partial charge is 0.184 e. The Morgan fingerprint density at radius 3 is 2.10 bits per heavy atom. The van der Waals surface area contributed by atoms with Crippen LogP contribution in [-0.2, 0) is 18.9 Å². The number of aliphatic hydroxyl groups is 5. The van der Waals surface area contributed by atoms with Gasteiger partial charge < -0.3 is 44.5 Å². The van der Waals surface area contributed by atoms with Gasteiger partial charge >= 0.3 is 0 Å². The molecule has 1 rings (SSSR count). The van der Waals surface area contributed by atoms with Crippen molar-refractivity contribution in [3.05, 3.63) is 0 Å². The van der Waals surface area contributed by atoms with Gasteiger partial charge in [0.05, 0.1) is 33.0 Å². The second kappa shape index (κ2) is 17.2. The summed E-state index contributed by atoms with van der Waals surface area (Å²) in [6.45, 7) is 2.99. The molecule has 1 fully saturated rings. The highest BCUT2D eigenvalue weighted by Gasteiger charge is 2.44. The Balaban J connectivity index is 1.97. The normalized spacial score (nSPS) is 28.0. The van der Waals surface area contributed by atoms with E-state index in [9.17, 15) is 20.4 Å². The maximum Gasteiger partial charge on any atom is 0.184 e. The summed E-state index contributed by atoms with van der Waals surface area (Å²) >= 11 is 0. The molecule has 0 aromatic rings. The van der Waals surface area contributed by atoms with Crippen molar-refractivity contribution in [3.63, 3.8) is 0 Å². The second-order valence-corrected chi connectivity index (χ2v) is 7.84. The Morgan fingerprint density at radius 1 is 0.800 bits per heavy atom. The highest BCUT2D eigenvalue weighted by atomic mass is 16.7. The third-order valence-corrected chi connectivity index (χ3v) is 5.15. The van der Waals surface area contributed by atoms with Crippen LogP contribution >= 0.6 is 0 Å². The number of aliphatic hydroxyl groups excluding tert-OH is 5. The van der Waals surface area contributed by atoms with Gasteiger partial charge in [0.1, 0.15) is 30.5 Å². The van der Waals surface area contributed by atoms with Crippen LogP contribution in [0.3, 0.4) is 0 Å². The fourth-order valence-corrected chi connectivity index (χ4v) is 3.30. The number of unbranched alkanes of at least 4 members (excludes halogenated alkanes) is 7. The van der Waals surface area contributed by atoms with Gasteiger partial charge in [0.25, 0.3) is 0 Å². The summed E-state index contributed by atoms with van der Waals surface area (Å²) in [6.07, 6.45) is 2.40. The van der Waals surface area contributed by atoms with E-state index < -0.39 is 43.4 Å². The topological polar surface area (TPSA) is 138 Å². The maximum absolute atomic E-state index is 9.97. The van der Waals surface area contributed by atoms with Gasteiger partial charge in [-0.1, -0.05) is 51.9 Å². The minimum atomic E-state index is -1.52. The number of hydrogen-bond acceptors (Lipinski definition) is 9. The maximum atomic E-state index is 9.97. The molecule has 1 heterocycles. The molecule has 0 aromatic heterocycles. The fraction of sp³-hybridized carbons (Fsp3) is 1.00. The molecule has 9 nitrogen and oxygen atoms in total. The Labute approximate surface area is 179 Å². The van der Waals surface area contributed by atoms with E-state index in [0.717, 1.165) is 6.42 Å². The zero-order valence-corrected chi connectivity index (χ0v) is 18.2. The Kier molecular flexibility index (Phi) is 15.9. The van der Waals surface area contributed by atoms with Gasteiger partial charge in [-0.2, -0.15) is 0 Å². The van der Waals surface area contributed by atoms with E-state index in [1.165, 1.54) is 44.9 Å². The predicted molar refractivity (Wildman–Crippen MR) is 110 cm³/mol. The highest BCUT2D eigenvalue weighted by molar-refractivity contribution is 4.89. The van der Waals surface area contributed by atoms with Crippen LogP contribution in [0.15, 0.2) is 0 Å². The lowest BCUT2D eigenvalue weighted by molar-refractivity contribution is -0.299. The third-order valence-electron chi connectivity index (χ3n) is 5.15. The monoisotopic (exact) mass is 438 g/mol. The number of ether oxygens (including phenoxy) is 4. The molecule has 1 aliphatic heterocycles. The lowest BCUT2D eigenvalue weighted by Crippen LogP contribution is -2.59. The molecule has 9 heteroatoms.